The summed E-state index contributed by atoms with van der Waals surface area (Å²) in [5, 5.41) is 6.87. The van der Waals surface area contributed by atoms with Gasteiger partial charge >= 0.3 is 0 Å². The zero-order chi connectivity index (χ0) is 12.3. The zero-order valence-electron chi connectivity index (χ0n) is 10.4. The summed E-state index contributed by atoms with van der Waals surface area (Å²) in [7, 11) is 1.74. The second kappa shape index (κ2) is 4.55. The van der Waals surface area contributed by atoms with Crippen LogP contribution in [0.5, 0.6) is 0 Å². The molecule has 0 saturated carbocycles. The van der Waals surface area contributed by atoms with E-state index in [1.54, 1.807) is 13.2 Å². The highest BCUT2D eigenvalue weighted by molar-refractivity contribution is 5.96. The summed E-state index contributed by atoms with van der Waals surface area (Å²) in [6.07, 6.45) is 2.63. The standard InChI is InChI=1S/C11H20N4O/c1-5-11(2,3)7-13-10(16)9-8(12)6-15(4)14-9/h6H,5,7,12H2,1-4H3,(H,13,16). The molecule has 0 fully saturated rings. The third-order valence-electron chi connectivity index (χ3n) is 2.76. The van der Waals surface area contributed by atoms with Crippen LogP contribution in [0, 0.1) is 5.41 Å². The zero-order valence-corrected chi connectivity index (χ0v) is 10.4. The number of hydrogen-bond donors (Lipinski definition) is 2. The van der Waals surface area contributed by atoms with E-state index >= 15 is 0 Å². The average molecular weight is 224 g/mol. The predicted octanol–water partition coefficient (Wildman–Crippen LogP) is 1.17. The van der Waals surface area contributed by atoms with Crippen molar-refractivity contribution < 1.29 is 4.79 Å². The quantitative estimate of drug-likeness (QED) is 0.806. The van der Waals surface area contributed by atoms with Crippen molar-refractivity contribution >= 4 is 11.6 Å². The van der Waals surface area contributed by atoms with Gasteiger partial charge in [-0.05, 0) is 11.8 Å². The highest BCUT2D eigenvalue weighted by Crippen LogP contribution is 2.18. The third kappa shape index (κ3) is 2.98. The molecule has 5 heteroatoms. The lowest BCUT2D eigenvalue weighted by atomic mass is 9.90. The number of rotatable bonds is 4. The van der Waals surface area contributed by atoms with E-state index in [9.17, 15) is 4.79 Å². The summed E-state index contributed by atoms with van der Waals surface area (Å²) in [6.45, 7) is 6.93. The van der Waals surface area contributed by atoms with Gasteiger partial charge in [-0.2, -0.15) is 5.10 Å². The van der Waals surface area contributed by atoms with Crippen LogP contribution in [0.2, 0.25) is 0 Å². The first kappa shape index (κ1) is 12.5. The lowest BCUT2D eigenvalue weighted by molar-refractivity contribution is 0.0931. The molecule has 0 atom stereocenters. The summed E-state index contributed by atoms with van der Waals surface area (Å²) in [4.78, 5) is 11.8. The highest BCUT2D eigenvalue weighted by atomic mass is 16.2. The Labute approximate surface area is 96.0 Å². The predicted molar refractivity (Wildman–Crippen MR) is 64.0 cm³/mol. The Morgan fingerprint density at radius 2 is 2.25 bits per heavy atom. The number of nitrogens with two attached hydrogens (primary N) is 1. The van der Waals surface area contributed by atoms with E-state index in [1.165, 1.54) is 4.68 Å². The van der Waals surface area contributed by atoms with E-state index in [0.717, 1.165) is 6.42 Å². The molecule has 0 aliphatic carbocycles. The van der Waals surface area contributed by atoms with Crippen LogP contribution in [0.4, 0.5) is 5.69 Å². The maximum absolute atomic E-state index is 11.8. The highest BCUT2D eigenvalue weighted by Gasteiger charge is 2.19. The summed E-state index contributed by atoms with van der Waals surface area (Å²) >= 11 is 0. The minimum absolute atomic E-state index is 0.0964. The summed E-state index contributed by atoms with van der Waals surface area (Å²) in [5.41, 5.74) is 6.48. The van der Waals surface area contributed by atoms with Gasteiger partial charge in [0.15, 0.2) is 5.69 Å². The average Bonchev–Trinajstić information content (AvgIpc) is 2.54. The number of carbonyl (C=O) groups is 1. The molecule has 90 valence electrons. The Hall–Kier alpha value is -1.52. The van der Waals surface area contributed by atoms with Crippen LogP contribution in [-0.2, 0) is 7.05 Å². The molecule has 0 spiro atoms. The minimum Gasteiger partial charge on any atom is -0.396 e. The first-order valence-corrected chi connectivity index (χ1v) is 5.43. The van der Waals surface area contributed by atoms with Gasteiger partial charge in [-0.15, -0.1) is 0 Å². The summed E-state index contributed by atoms with van der Waals surface area (Å²) in [6, 6.07) is 0. The van der Waals surface area contributed by atoms with Gasteiger partial charge in [-0.3, -0.25) is 9.48 Å². The molecule has 1 rings (SSSR count). The van der Waals surface area contributed by atoms with Crippen LogP contribution >= 0.6 is 0 Å². The fourth-order valence-electron chi connectivity index (χ4n) is 1.21. The second-order valence-electron chi connectivity index (χ2n) is 4.81. The molecule has 0 unspecified atom stereocenters. The third-order valence-corrected chi connectivity index (χ3v) is 2.76. The lowest BCUT2D eigenvalue weighted by Crippen LogP contribution is -2.34. The van der Waals surface area contributed by atoms with Crippen LogP contribution in [0.25, 0.3) is 0 Å². The Kier molecular flexibility index (Phi) is 3.57. The van der Waals surface area contributed by atoms with Gasteiger partial charge in [0, 0.05) is 19.8 Å². The first-order valence-electron chi connectivity index (χ1n) is 5.43. The van der Waals surface area contributed by atoms with Crippen molar-refractivity contribution in [3.05, 3.63) is 11.9 Å². The maximum Gasteiger partial charge on any atom is 0.273 e. The van der Waals surface area contributed by atoms with E-state index in [4.69, 9.17) is 5.73 Å². The Balaban J connectivity index is 2.63. The van der Waals surface area contributed by atoms with Gasteiger partial charge in [0.2, 0.25) is 0 Å². The molecule has 1 aromatic heterocycles. The number of nitrogens with zero attached hydrogens (tertiary/aromatic N) is 2. The van der Waals surface area contributed by atoms with E-state index in [2.05, 4.69) is 31.2 Å². The molecule has 1 aromatic rings. The van der Waals surface area contributed by atoms with Gasteiger partial charge < -0.3 is 11.1 Å². The normalized spacial score (nSPS) is 11.5. The number of aryl methyl sites for hydroxylation is 1. The smallest absolute Gasteiger partial charge is 0.273 e. The molecule has 0 aromatic carbocycles. The van der Waals surface area contributed by atoms with Crippen molar-refractivity contribution in [3.8, 4) is 0 Å². The molecule has 0 saturated heterocycles. The van der Waals surface area contributed by atoms with Crippen LogP contribution < -0.4 is 11.1 Å². The van der Waals surface area contributed by atoms with Gasteiger partial charge in [-0.1, -0.05) is 20.8 Å². The molecule has 16 heavy (non-hydrogen) atoms. The number of hydrogen-bond acceptors (Lipinski definition) is 3. The van der Waals surface area contributed by atoms with Gasteiger partial charge in [0.1, 0.15) is 0 Å². The Morgan fingerprint density at radius 3 is 2.69 bits per heavy atom. The molecule has 0 aliphatic heterocycles. The van der Waals surface area contributed by atoms with Crippen molar-refractivity contribution in [1.82, 2.24) is 15.1 Å². The van der Waals surface area contributed by atoms with Gasteiger partial charge in [0.05, 0.1) is 5.69 Å². The number of aromatic nitrogens is 2. The van der Waals surface area contributed by atoms with Crippen molar-refractivity contribution in [2.75, 3.05) is 12.3 Å². The maximum atomic E-state index is 11.8. The first-order chi connectivity index (χ1) is 7.35. The number of anilines is 1. The van der Waals surface area contributed by atoms with E-state index in [0.29, 0.717) is 17.9 Å². The number of nitrogen functional groups attached to an aromatic ring is 1. The SMILES string of the molecule is CCC(C)(C)CNC(=O)c1nn(C)cc1N. The second-order valence-corrected chi connectivity index (χ2v) is 4.81. The molecule has 1 amide bonds. The van der Waals surface area contributed by atoms with Crippen molar-refractivity contribution in [3.63, 3.8) is 0 Å². The number of carbonyl (C=O) groups excluding carboxylic acids is 1. The van der Waals surface area contributed by atoms with Gasteiger partial charge in [-0.25, -0.2) is 0 Å². The topological polar surface area (TPSA) is 72.9 Å². The minimum atomic E-state index is -0.209. The fraction of sp³-hybridized carbons (Fsp3) is 0.636. The fourth-order valence-corrected chi connectivity index (χ4v) is 1.21. The molecular formula is C11H20N4O. The molecular weight excluding hydrogens is 204 g/mol. The van der Waals surface area contributed by atoms with E-state index in [-0.39, 0.29) is 11.3 Å². The molecule has 1 heterocycles. The lowest BCUT2D eigenvalue weighted by Gasteiger charge is -2.22. The van der Waals surface area contributed by atoms with Crippen molar-refractivity contribution in [2.45, 2.75) is 27.2 Å². The molecule has 3 N–H and O–H groups in total. The van der Waals surface area contributed by atoms with Crippen molar-refractivity contribution in [2.24, 2.45) is 12.5 Å². The van der Waals surface area contributed by atoms with Crippen LogP contribution in [0.3, 0.4) is 0 Å². The summed E-state index contributed by atoms with van der Waals surface area (Å²) < 4.78 is 1.54. The van der Waals surface area contributed by atoms with E-state index in [1.807, 2.05) is 0 Å². The molecule has 0 radical (unpaired) electrons. The van der Waals surface area contributed by atoms with Gasteiger partial charge in [0.25, 0.3) is 5.91 Å². The molecule has 0 aliphatic rings. The monoisotopic (exact) mass is 224 g/mol. The summed E-state index contributed by atoms with van der Waals surface area (Å²) in [5.74, 6) is -0.209. The molecule has 0 bridgehead atoms. The Bertz CT molecular complexity index is 381. The van der Waals surface area contributed by atoms with Crippen LogP contribution in [0.1, 0.15) is 37.7 Å². The van der Waals surface area contributed by atoms with Crippen LogP contribution in [-0.4, -0.2) is 22.2 Å². The van der Waals surface area contributed by atoms with Crippen molar-refractivity contribution in [1.29, 1.82) is 0 Å². The Morgan fingerprint density at radius 1 is 1.62 bits per heavy atom. The largest absolute Gasteiger partial charge is 0.396 e. The number of nitrogens with one attached hydrogen (secondary N) is 1. The van der Waals surface area contributed by atoms with Crippen LogP contribution in [0.15, 0.2) is 6.20 Å². The number of amides is 1. The molecule has 5 nitrogen and oxygen atoms in total. The van der Waals surface area contributed by atoms with E-state index < -0.39 is 0 Å².